The Labute approximate surface area is 223 Å². The molecule has 1 heterocycles. The van der Waals surface area contributed by atoms with E-state index >= 15 is 0 Å². The zero-order valence-electron chi connectivity index (χ0n) is 22.3. The lowest BCUT2D eigenvalue weighted by molar-refractivity contribution is -0.140. The summed E-state index contributed by atoms with van der Waals surface area (Å²) in [6.07, 6.45) is 0.843. The number of Topliss-reactive ketones (excluding diaryl/α,β-unsaturated/α-hetero) is 1. The van der Waals surface area contributed by atoms with Crippen LogP contribution in [0.25, 0.3) is 5.76 Å². The van der Waals surface area contributed by atoms with Gasteiger partial charge < -0.3 is 24.4 Å². The molecule has 3 aromatic carbocycles. The van der Waals surface area contributed by atoms with Crippen molar-refractivity contribution in [1.82, 2.24) is 4.90 Å². The summed E-state index contributed by atoms with van der Waals surface area (Å²) < 4.78 is 11.3. The highest BCUT2D eigenvalue weighted by Gasteiger charge is 2.46. The SMILES string of the molecule is CCCOc1cccc(/C(O)=C2/C(=O)C(=O)N(Cc3ccc(OCC)cc3)C2c2ccc(N(C)C)cc2)c1. The number of rotatable bonds is 10. The monoisotopic (exact) mass is 514 g/mol. The first-order valence-corrected chi connectivity index (χ1v) is 12.8. The summed E-state index contributed by atoms with van der Waals surface area (Å²) in [5.41, 5.74) is 3.05. The molecule has 1 unspecified atom stereocenters. The molecule has 1 fully saturated rings. The van der Waals surface area contributed by atoms with E-state index in [9.17, 15) is 14.7 Å². The summed E-state index contributed by atoms with van der Waals surface area (Å²) in [6.45, 7) is 5.22. The van der Waals surface area contributed by atoms with Gasteiger partial charge in [0.25, 0.3) is 11.7 Å². The maximum Gasteiger partial charge on any atom is 0.295 e. The molecule has 198 valence electrons. The normalized spacial score (nSPS) is 16.5. The van der Waals surface area contributed by atoms with Gasteiger partial charge in [-0.05, 0) is 60.9 Å². The van der Waals surface area contributed by atoms with Crippen LogP contribution in [-0.4, -0.2) is 49.0 Å². The number of ether oxygens (including phenoxy) is 2. The second-order valence-electron chi connectivity index (χ2n) is 9.37. The summed E-state index contributed by atoms with van der Waals surface area (Å²) in [7, 11) is 3.89. The molecule has 1 aliphatic rings. The molecule has 7 heteroatoms. The van der Waals surface area contributed by atoms with Gasteiger partial charge in [-0.2, -0.15) is 0 Å². The maximum absolute atomic E-state index is 13.4. The Hall–Kier alpha value is -4.26. The van der Waals surface area contributed by atoms with Crippen LogP contribution in [0.2, 0.25) is 0 Å². The number of amides is 1. The largest absolute Gasteiger partial charge is 0.507 e. The second kappa shape index (κ2) is 11.9. The number of hydrogen-bond acceptors (Lipinski definition) is 6. The van der Waals surface area contributed by atoms with Gasteiger partial charge in [-0.3, -0.25) is 9.59 Å². The van der Waals surface area contributed by atoms with Crippen LogP contribution in [0.15, 0.2) is 78.4 Å². The van der Waals surface area contributed by atoms with Crippen LogP contribution >= 0.6 is 0 Å². The lowest BCUT2D eigenvalue weighted by Gasteiger charge is -2.26. The molecule has 1 amide bonds. The number of ketones is 1. The van der Waals surface area contributed by atoms with Gasteiger partial charge in [0.1, 0.15) is 17.3 Å². The number of carbonyl (C=O) groups excluding carboxylic acids is 2. The lowest BCUT2D eigenvalue weighted by Crippen LogP contribution is -2.29. The molecule has 1 N–H and O–H groups in total. The van der Waals surface area contributed by atoms with Crippen molar-refractivity contribution in [2.75, 3.05) is 32.2 Å². The highest BCUT2D eigenvalue weighted by Crippen LogP contribution is 2.41. The van der Waals surface area contributed by atoms with E-state index < -0.39 is 17.7 Å². The molecule has 0 radical (unpaired) electrons. The van der Waals surface area contributed by atoms with E-state index in [0.717, 1.165) is 29.0 Å². The van der Waals surface area contributed by atoms with Crippen LogP contribution in [0.1, 0.15) is 43.0 Å². The molecular weight excluding hydrogens is 480 g/mol. The molecule has 0 saturated carbocycles. The fraction of sp³-hybridized carbons (Fsp3) is 0.290. The minimum atomic E-state index is -0.752. The number of aliphatic hydroxyl groups excluding tert-OH is 1. The van der Waals surface area contributed by atoms with Gasteiger partial charge in [-0.15, -0.1) is 0 Å². The third-order valence-corrected chi connectivity index (χ3v) is 6.43. The minimum absolute atomic E-state index is 0.0613. The van der Waals surface area contributed by atoms with Crippen LogP contribution in [0.5, 0.6) is 11.5 Å². The quantitative estimate of drug-likeness (QED) is 0.217. The van der Waals surface area contributed by atoms with Crippen molar-refractivity contribution < 1.29 is 24.2 Å². The van der Waals surface area contributed by atoms with E-state index in [2.05, 4.69) is 0 Å². The Morgan fingerprint density at radius 3 is 2.26 bits per heavy atom. The molecule has 1 aliphatic heterocycles. The van der Waals surface area contributed by atoms with E-state index in [1.165, 1.54) is 4.90 Å². The van der Waals surface area contributed by atoms with E-state index in [-0.39, 0.29) is 17.9 Å². The average Bonchev–Trinajstić information content (AvgIpc) is 3.17. The topological polar surface area (TPSA) is 79.3 Å². The van der Waals surface area contributed by atoms with Gasteiger partial charge in [-0.1, -0.05) is 43.3 Å². The molecule has 1 saturated heterocycles. The van der Waals surface area contributed by atoms with E-state index in [0.29, 0.717) is 24.5 Å². The number of anilines is 1. The van der Waals surface area contributed by atoms with E-state index in [1.807, 2.05) is 81.4 Å². The molecule has 4 rings (SSSR count). The van der Waals surface area contributed by atoms with E-state index in [4.69, 9.17) is 9.47 Å². The van der Waals surface area contributed by atoms with E-state index in [1.54, 1.807) is 24.3 Å². The molecule has 0 aliphatic carbocycles. The lowest BCUT2D eigenvalue weighted by atomic mass is 9.95. The van der Waals surface area contributed by atoms with Crippen LogP contribution < -0.4 is 14.4 Å². The summed E-state index contributed by atoms with van der Waals surface area (Å²) in [5, 5.41) is 11.4. The van der Waals surface area contributed by atoms with Crippen molar-refractivity contribution in [1.29, 1.82) is 0 Å². The third-order valence-electron chi connectivity index (χ3n) is 6.43. The van der Waals surface area contributed by atoms with Crippen molar-refractivity contribution in [3.8, 4) is 11.5 Å². The number of carbonyl (C=O) groups is 2. The summed E-state index contributed by atoms with van der Waals surface area (Å²) in [4.78, 5) is 30.3. The minimum Gasteiger partial charge on any atom is -0.507 e. The zero-order chi connectivity index (χ0) is 27.2. The zero-order valence-corrected chi connectivity index (χ0v) is 22.3. The number of likely N-dealkylation sites (tertiary alicyclic amines) is 1. The van der Waals surface area contributed by atoms with Crippen molar-refractivity contribution in [2.24, 2.45) is 0 Å². The number of hydrogen-bond donors (Lipinski definition) is 1. The van der Waals surface area contributed by atoms with Crippen LogP contribution in [-0.2, 0) is 16.1 Å². The molecule has 38 heavy (non-hydrogen) atoms. The first-order valence-electron chi connectivity index (χ1n) is 12.8. The van der Waals surface area contributed by atoms with Gasteiger partial charge in [0.05, 0.1) is 24.8 Å². The Morgan fingerprint density at radius 1 is 0.921 bits per heavy atom. The molecule has 3 aromatic rings. The van der Waals surface area contributed by atoms with Crippen molar-refractivity contribution in [3.05, 3.63) is 95.1 Å². The summed E-state index contributed by atoms with van der Waals surface area (Å²) in [5.74, 6) is -0.262. The summed E-state index contributed by atoms with van der Waals surface area (Å²) >= 11 is 0. The first-order chi connectivity index (χ1) is 18.3. The first kappa shape index (κ1) is 26.8. The molecule has 0 bridgehead atoms. The fourth-order valence-corrected chi connectivity index (χ4v) is 4.51. The molecule has 1 atom stereocenters. The predicted molar refractivity (Wildman–Crippen MR) is 148 cm³/mol. The summed E-state index contributed by atoms with van der Waals surface area (Å²) in [6, 6.07) is 21.3. The van der Waals surface area contributed by atoms with Crippen LogP contribution in [0.4, 0.5) is 5.69 Å². The van der Waals surface area contributed by atoms with Crippen LogP contribution in [0, 0.1) is 0 Å². The van der Waals surface area contributed by atoms with Crippen molar-refractivity contribution >= 4 is 23.1 Å². The van der Waals surface area contributed by atoms with Gasteiger partial charge >= 0.3 is 0 Å². The molecule has 7 nitrogen and oxygen atoms in total. The standard InChI is InChI=1S/C31H34N2O5/c1-5-18-38-26-9-7-8-23(19-26)29(34)27-28(22-12-14-24(15-13-22)32(3)4)33(31(36)30(27)35)20-21-10-16-25(17-11-21)37-6-2/h7-17,19,28,34H,5-6,18,20H2,1-4H3/b29-27-. The number of aliphatic hydroxyl groups is 1. The Bertz CT molecular complexity index is 1310. The van der Waals surface area contributed by atoms with Gasteiger partial charge in [0.2, 0.25) is 0 Å². The number of benzene rings is 3. The van der Waals surface area contributed by atoms with Gasteiger partial charge in [0.15, 0.2) is 0 Å². The smallest absolute Gasteiger partial charge is 0.295 e. The van der Waals surface area contributed by atoms with Crippen molar-refractivity contribution in [2.45, 2.75) is 32.9 Å². The molecule has 0 spiro atoms. The Morgan fingerprint density at radius 2 is 1.63 bits per heavy atom. The average molecular weight is 515 g/mol. The number of nitrogens with zero attached hydrogens (tertiary/aromatic N) is 2. The fourth-order valence-electron chi connectivity index (χ4n) is 4.51. The Kier molecular flexibility index (Phi) is 8.36. The molecular formula is C31H34N2O5. The highest BCUT2D eigenvalue weighted by atomic mass is 16.5. The van der Waals surface area contributed by atoms with Crippen molar-refractivity contribution in [3.63, 3.8) is 0 Å². The third kappa shape index (κ3) is 5.67. The predicted octanol–water partition coefficient (Wildman–Crippen LogP) is 5.56. The van der Waals surface area contributed by atoms with Gasteiger partial charge in [-0.25, -0.2) is 0 Å². The maximum atomic E-state index is 13.4. The van der Waals surface area contributed by atoms with Gasteiger partial charge in [0, 0.05) is 31.9 Å². The molecule has 0 aromatic heterocycles. The highest BCUT2D eigenvalue weighted by molar-refractivity contribution is 6.46. The Balaban J connectivity index is 1.78. The van der Waals surface area contributed by atoms with Crippen LogP contribution in [0.3, 0.4) is 0 Å². The second-order valence-corrected chi connectivity index (χ2v) is 9.37.